The van der Waals surface area contributed by atoms with E-state index in [0.29, 0.717) is 43.7 Å². The van der Waals surface area contributed by atoms with Crippen LogP contribution in [0.15, 0.2) is 47.4 Å². The van der Waals surface area contributed by atoms with Crippen molar-refractivity contribution in [3.63, 3.8) is 0 Å². The average Bonchev–Trinajstić information content (AvgIpc) is 2.89. The van der Waals surface area contributed by atoms with Crippen LogP contribution < -0.4 is 9.04 Å². The minimum Gasteiger partial charge on any atom is -0.492 e. The zero-order chi connectivity index (χ0) is 27.0. The fourth-order valence-corrected chi connectivity index (χ4v) is 5.75. The number of benzene rings is 2. The third-order valence-corrected chi connectivity index (χ3v) is 8.08. The Balaban J connectivity index is 1.96. The lowest BCUT2D eigenvalue weighted by atomic mass is 10.0. The Labute approximate surface area is 222 Å². The molecule has 1 fully saturated rings. The van der Waals surface area contributed by atoms with Gasteiger partial charge in [-0.15, -0.1) is 0 Å². The highest BCUT2D eigenvalue weighted by Gasteiger charge is 2.28. The molecular formula is C29H41NO6S. The fourth-order valence-electron chi connectivity index (χ4n) is 4.09. The van der Waals surface area contributed by atoms with Crippen LogP contribution in [0.3, 0.4) is 0 Å². The maximum absolute atomic E-state index is 13.9. The average molecular weight is 532 g/mol. The summed E-state index contributed by atoms with van der Waals surface area (Å²) in [6, 6.07) is 12.0. The van der Waals surface area contributed by atoms with Crippen LogP contribution in [0.4, 0.5) is 5.69 Å². The molecule has 0 spiro atoms. The number of sulfonamides is 1. The molecule has 2 aromatic carbocycles. The molecule has 0 atom stereocenters. The molecule has 8 heteroatoms. The lowest BCUT2D eigenvalue weighted by Crippen LogP contribution is -2.34. The number of esters is 1. The number of hydrogen-bond acceptors (Lipinski definition) is 6. The van der Waals surface area contributed by atoms with E-state index in [0.717, 1.165) is 24.8 Å². The molecule has 0 bridgehead atoms. The van der Waals surface area contributed by atoms with Crippen LogP contribution in [0.1, 0.15) is 63.4 Å². The van der Waals surface area contributed by atoms with Crippen LogP contribution in [-0.4, -0.2) is 47.4 Å². The Hall–Kier alpha value is -2.58. The molecule has 3 rings (SSSR count). The highest BCUT2D eigenvalue weighted by molar-refractivity contribution is 7.92. The van der Waals surface area contributed by atoms with E-state index in [1.807, 2.05) is 52.0 Å². The maximum Gasteiger partial charge on any atom is 0.341 e. The number of ether oxygens (including phenoxy) is 3. The van der Waals surface area contributed by atoms with E-state index in [9.17, 15) is 13.2 Å². The molecule has 1 aliphatic heterocycles. The third kappa shape index (κ3) is 7.95. The number of nitrogens with zero attached hydrogens (tertiary/aromatic N) is 1. The minimum atomic E-state index is -3.95. The largest absolute Gasteiger partial charge is 0.492 e. The second kappa shape index (κ2) is 13.3. The van der Waals surface area contributed by atoms with Crippen molar-refractivity contribution in [2.45, 2.75) is 58.8 Å². The molecule has 1 aliphatic rings. The molecule has 0 saturated carbocycles. The Morgan fingerprint density at radius 3 is 2.30 bits per heavy atom. The molecular weight excluding hydrogens is 490 g/mol. The van der Waals surface area contributed by atoms with E-state index < -0.39 is 16.0 Å². The highest BCUT2D eigenvalue weighted by atomic mass is 32.2. The Morgan fingerprint density at radius 1 is 1.03 bits per heavy atom. The number of carbonyl (C=O) groups is 1. The summed E-state index contributed by atoms with van der Waals surface area (Å²) in [6.45, 7) is 12.3. The third-order valence-electron chi connectivity index (χ3n) is 6.29. The summed E-state index contributed by atoms with van der Waals surface area (Å²) in [5.41, 5.74) is 1.85. The fraction of sp³-hybridized carbons (Fsp3) is 0.552. The zero-order valence-electron chi connectivity index (χ0n) is 22.7. The zero-order valence-corrected chi connectivity index (χ0v) is 23.6. The van der Waals surface area contributed by atoms with Crippen LogP contribution >= 0.6 is 0 Å². The molecule has 0 aromatic heterocycles. The van der Waals surface area contributed by atoms with Gasteiger partial charge in [-0.25, -0.2) is 13.2 Å². The highest BCUT2D eigenvalue weighted by Crippen LogP contribution is 2.30. The molecule has 0 aliphatic carbocycles. The number of anilines is 1. The molecule has 7 nitrogen and oxygen atoms in total. The van der Waals surface area contributed by atoms with Crippen LogP contribution in [0.25, 0.3) is 0 Å². The molecule has 0 radical (unpaired) electrons. The number of rotatable bonds is 12. The topological polar surface area (TPSA) is 82.1 Å². The first-order valence-corrected chi connectivity index (χ1v) is 14.7. The molecule has 0 amide bonds. The van der Waals surface area contributed by atoms with Crippen molar-refractivity contribution in [2.75, 3.05) is 37.3 Å². The molecule has 1 saturated heterocycles. The van der Waals surface area contributed by atoms with Crippen LogP contribution in [0.2, 0.25) is 0 Å². The summed E-state index contributed by atoms with van der Waals surface area (Å²) in [6.07, 6.45) is 2.65. The summed E-state index contributed by atoms with van der Waals surface area (Å²) >= 11 is 0. The smallest absolute Gasteiger partial charge is 0.341 e. The van der Waals surface area contributed by atoms with Gasteiger partial charge < -0.3 is 14.2 Å². The van der Waals surface area contributed by atoms with E-state index in [-0.39, 0.29) is 28.9 Å². The van der Waals surface area contributed by atoms with Crippen molar-refractivity contribution in [3.05, 3.63) is 53.6 Å². The molecule has 0 N–H and O–H groups in total. The van der Waals surface area contributed by atoms with Gasteiger partial charge in [-0.2, -0.15) is 0 Å². The van der Waals surface area contributed by atoms with Crippen molar-refractivity contribution in [2.24, 2.45) is 17.8 Å². The number of hydrogen-bond donors (Lipinski definition) is 0. The van der Waals surface area contributed by atoms with E-state index in [1.54, 1.807) is 6.07 Å². The minimum absolute atomic E-state index is 0.0302. The summed E-state index contributed by atoms with van der Waals surface area (Å²) in [7, 11) is -3.95. The van der Waals surface area contributed by atoms with Gasteiger partial charge >= 0.3 is 5.97 Å². The van der Waals surface area contributed by atoms with E-state index >= 15 is 0 Å². The first kappa shape index (κ1) is 29.0. The van der Waals surface area contributed by atoms with Crippen molar-refractivity contribution in [1.29, 1.82) is 0 Å². The molecule has 0 unspecified atom stereocenters. The van der Waals surface area contributed by atoms with Crippen molar-refractivity contribution in [3.8, 4) is 5.75 Å². The summed E-state index contributed by atoms with van der Waals surface area (Å²) in [5.74, 6) is 0.315. The lowest BCUT2D eigenvalue weighted by molar-refractivity contribution is 0.0430. The van der Waals surface area contributed by atoms with Crippen LogP contribution in [0.5, 0.6) is 5.75 Å². The van der Waals surface area contributed by atoms with Gasteiger partial charge in [0.1, 0.15) is 11.3 Å². The van der Waals surface area contributed by atoms with Crippen LogP contribution in [-0.2, 0) is 25.9 Å². The first-order chi connectivity index (χ1) is 17.6. The second-order valence-electron chi connectivity index (χ2n) is 10.5. The number of carbonyl (C=O) groups excluding carboxylic acids is 1. The summed E-state index contributed by atoms with van der Waals surface area (Å²) < 4.78 is 46.2. The standard InChI is InChI=1S/C29H41NO6S/c1-6-23-7-9-25(10-8-23)30(18-21(2)3)37(32,33)26-11-12-28(35-20-24-13-15-34-16-14-24)27(17-26)29(31)36-19-22(4)5/h7-12,17,21-22,24H,6,13-16,18-20H2,1-5H3. The predicted octanol–water partition coefficient (Wildman–Crippen LogP) is 5.72. The van der Waals surface area contributed by atoms with Gasteiger partial charge in [0.2, 0.25) is 0 Å². The summed E-state index contributed by atoms with van der Waals surface area (Å²) in [5, 5.41) is 0. The van der Waals surface area contributed by atoms with Gasteiger partial charge in [0, 0.05) is 19.8 Å². The lowest BCUT2D eigenvalue weighted by Gasteiger charge is -2.27. The molecule has 204 valence electrons. The van der Waals surface area contributed by atoms with Crippen LogP contribution in [0, 0.1) is 17.8 Å². The quantitative estimate of drug-likeness (QED) is 0.326. The van der Waals surface area contributed by atoms with Crippen molar-refractivity contribution < 1.29 is 27.4 Å². The van der Waals surface area contributed by atoms with Gasteiger partial charge in [-0.05, 0) is 72.9 Å². The second-order valence-corrected chi connectivity index (χ2v) is 12.3. The Bertz CT molecular complexity index is 1120. The van der Waals surface area contributed by atoms with Gasteiger partial charge in [0.15, 0.2) is 0 Å². The van der Waals surface area contributed by atoms with Gasteiger partial charge in [-0.1, -0.05) is 46.8 Å². The van der Waals surface area contributed by atoms with E-state index in [4.69, 9.17) is 14.2 Å². The summed E-state index contributed by atoms with van der Waals surface area (Å²) in [4.78, 5) is 13.1. The normalized spacial score (nSPS) is 14.7. The molecule has 2 aromatic rings. The van der Waals surface area contributed by atoms with Gasteiger partial charge in [-0.3, -0.25) is 4.31 Å². The van der Waals surface area contributed by atoms with E-state index in [1.165, 1.54) is 16.4 Å². The van der Waals surface area contributed by atoms with Crippen molar-refractivity contribution >= 4 is 21.7 Å². The Morgan fingerprint density at radius 2 is 1.70 bits per heavy atom. The van der Waals surface area contributed by atoms with Gasteiger partial charge in [0.25, 0.3) is 10.0 Å². The van der Waals surface area contributed by atoms with E-state index in [2.05, 4.69) is 6.92 Å². The SMILES string of the molecule is CCc1ccc(N(CC(C)C)S(=O)(=O)c2ccc(OCC3CCOCC3)c(C(=O)OCC(C)C)c2)cc1. The van der Waals surface area contributed by atoms with Crippen molar-refractivity contribution in [1.82, 2.24) is 0 Å². The van der Waals surface area contributed by atoms with Gasteiger partial charge in [0.05, 0.1) is 23.8 Å². The molecule has 37 heavy (non-hydrogen) atoms. The monoisotopic (exact) mass is 531 g/mol. The predicted molar refractivity (Wildman–Crippen MR) is 146 cm³/mol. The Kier molecular flexibility index (Phi) is 10.4. The maximum atomic E-state index is 13.9. The number of aryl methyl sites for hydroxylation is 1. The first-order valence-electron chi connectivity index (χ1n) is 13.2. The molecule has 1 heterocycles.